The molecule has 0 aromatic heterocycles. The fraction of sp³-hybridized carbons (Fsp3) is 0.875. The van der Waals surface area contributed by atoms with Crippen molar-refractivity contribution in [2.45, 2.75) is 70.8 Å². The van der Waals surface area contributed by atoms with Crippen LogP contribution in [0.15, 0.2) is 12.4 Å². The van der Waals surface area contributed by atoms with Crippen LogP contribution in [0.2, 0.25) is 0 Å². The van der Waals surface area contributed by atoms with Crippen LogP contribution < -0.4 is 11.0 Å². The van der Waals surface area contributed by atoms with Crippen molar-refractivity contribution in [2.24, 2.45) is 52.8 Å². The third-order valence-electron chi connectivity index (χ3n) is 10.2. The number of rotatable bonds is 3. The molecule has 0 radical (unpaired) electrons. The molecule has 0 spiro atoms. The summed E-state index contributed by atoms with van der Waals surface area (Å²) in [6, 6.07) is 0. The Morgan fingerprint density at radius 2 is 1.90 bits per heavy atom. The van der Waals surface area contributed by atoms with Crippen molar-refractivity contribution >= 4 is 5.78 Å². The van der Waals surface area contributed by atoms with Gasteiger partial charge in [0.25, 0.3) is 0 Å². The zero-order valence-electron chi connectivity index (χ0n) is 17.9. The summed E-state index contributed by atoms with van der Waals surface area (Å²) >= 11 is 0. The molecule has 0 aromatic rings. The van der Waals surface area contributed by atoms with Gasteiger partial charge < -0.3 is 10.5 Å². The zero-order chi connectivity index (χ0) is 20.0. The average molecular weight is 400 g/mol. The molecule has 5 fully saturated rings. The summed E-state index contributed by atoms with van der Waals surface area (Å²) in [7, 11) is 0. The highest BCUT2D eigenvalue weighted by Gasteiger charge is 2.70. The highest BCUT2D eigenvalue weighted by molar-refractivity contribution is 5.85. The SMILES string of the molecule is C[C@@]1(O)CC[C@H]2[C@H](CC[C@@H]3[C@@H]2CC[C@@]2(C)[C@H]3[C@@H]3C[C@@H]3[C@@H]2C(=O)CN2C=CNN2)C1. The first-order valence-corrected chi connectivity index (χ1v) is 12.1. The van der Waals surface area contributed by atoms with E-state index in [9.17, 15) is 9.90 Å². The van der Waals surface area contributed by atoms with Crippen molar-refractivity contribution in [3.05, 3.63) is 12.4 Å². The molecule has 29 heavy (non-hydrogen) atoms. The minimum absolute atomic E-state index is 0.218. The molecular weight excluding hydrogens is 362 g/mol. The number of hydrogen-bond donors (Lipinski definition) is 3. The smallest absolute Gasteiger partial charge is 0.157 e. The lowest BCUT2D eigenvalue weighted by molar-refractivity contribution is -0.136. The predicted octanol–water partition coefficient (Wildman–Crippen LogP) is 3.23. The molecule has 6 aliphatic rings. The van der Waals surface area contributed by atoms with Gasteiger partial charge in [0, 0.05) is 18.3 Å². The van der Waals surface area contributed by atoms with Gasteiger partial charge in [0.1, 0.15) is 0 Å². The average Bonchev–Trinajstić information content (AvgIpc) is 3.12. The van der Waals surface area contributed by atoms with Crippen LogP contribution in [0.4, 0.5) is 0 Å². The van der Waals surface area contributed by atoms with E-state index in [0.29, 0.717) is 18.2 Å². The van der Waals surface area contributed by atoms with Gasteiger partial charge >= 0.3 is 0 Å². The van der Waals surface area contributed by atoms with E-state index in [2.05, 4.69) is 24.8 Å². The molecule has 0 amide bonds. The fourth-order valence-corrected chi connectivity index (χ4v) is 9.30. The molecule has 0 aromatic carbocycles. The van der Waals surface area contributed by atoms with Gasteiger partial charge in [-0.25, -0.2) is 0 Å². The van der Waals surface area contributed by atoms with Crippen LogP contribution in [-0.2, 0) is 4.79 Å². The van der Waals surface area contributed by atoms with E-state index in [1.54, 1.807) is 0 Å². The molecule has 160 valence electrons. The monoisotopic (exact) mass is 399 g/mol. The van der Waals surface area contributed by atoms with Gasteiger partial charge in [0.05, 0.1) is 12.1 Å². The Kier molecular flexibility index (Phi) is 4.01. The highest BCUT2D eigenvalue weighted by Crippen LogP contribution is 2.74. The number of hydrazine groups is 2. The van der Waals surface area contributed by atoms with Gasteiger partial charge in [-0.15, -0.1) is 5.53 Å². The zero-order valence-corrected chi connectivity index (χ0v) is 17.9. The summed E-state index contributed by atoms with van der Waals surface area (Å²) in [5, 5.41) is 12.5. The van der Waals surface area contributed by atoms with Gasteiger partial charge in [-0.05, 0) is 105 Å². The summed E-state index contributed by atoms with van der Waals surface area (Å²) < 4.78 is 0. The summed E-state index contributed by atoms with van der Waals surface area (Å²) in [5.74, 6) is 6.19. The molecule has 0 saturated heterocycles. The third kappa shape index (κ3) is 2.76. The first kappa shape index (κ1) is 18.7. The summed E-state index contributed by atoms with van der Waals surface area (Å²) in [6.07, 6.45) is 13.5. The number of nitrogens with zero attached hydrogens (tertiary/aromatic N) is 1. The minimum atomic E-state index is -0.434. The Morgan fingerprint density at radius 3 is 2.69 bits per heavy atom. The van der Waals surface area contributed by atoms with E-state index >= 15 is 0 Å². The number of carbonyl (C=O) groups excluding carboxylic acids is 1. The number of nitrogens with one attached hydrogen (secondary N) is 2. The lowest BCUT2D eigenvalue weighted by atomic mass is 9.48. The van der Waals surface area contributed by atoms with E-state index < -0.39 is 5.60 Å². The Bertz CT molecular complexity index is 736. The Balaban J connectivity index is 1.22. The Labute approximate surface area is 174 Å². The van der Waals surface area contributed by atoms with Crippen LogP contribution in [0, 0.1) is 52.8 Å². The van der Waals surface area contributed by atoms with Crippen molar-refractivity contribution in [1.82, 2.24) is 16.0 Å². The van der Waals surface area contributed by atoms with Crippen LogP contribution >= 0.6 is 0 Å². The molecule has 5 aliphatic carbocycles. The van der Waals surface area contributed by atoms with Crippen LogP contribution in [-0.4, -0.2) is 28.0 Å². The van der Waals surface area contributed by atoms with Crippen LogP contribution in [0.3, 0.4) is 0 Å². The Morgan fingerprint density at radius 1 is 1.07 bits per heavy atom. The standard InChI is InChI=1S/C24H37N3O2/c1-23(29)7-5-15-14(12-23)3-4-17-16(15)6-8-24(2)21(17)18-11-19(18)22(24)20(28)13-27-10-9-25-26-27/h9-10,14-19,21-22,25-26,29H,3-8,11-13H2,1-2H3/t14-,15+,16-,17-,18-,19+,21-,22-,23-,24+/m1/s1. The molecule has 5 nitrogen and oxygen atoms in total. The second-order valence-electron chi connectivity index (χ2n) is 11.8. The molecule has 0 bridgehead atoms. The molecule has 5 heteroatoms. The lowest BCUT2D eigenvalue weighted by Crippen LogP contribution is -2.53. The van der Waals surface area contributed by atoms with Crippen molar-refractivity contribution < 1.29 is 9.90 Å². The van der Waals surface area contributed by atoms with E-state index in [-0.39, 0.29) is 11.3 Å². The second-order valence-corrected chi connectivity index (χ2v) is 11.8. The number of carbonyl (C=O) groups is 1. The number of aliphatic hydroxyl groups is 1. The predicted molar refractivity (Wildman–Crippen MR) is 111 cm³/mol. The molecule has 1 aliphatic heterocycles. The fourth-order valence-electron chi connectivity index (χ4n) is 9.30. The van der Waals surface area contributed by atoms with Crippen molar-refractivity contribution in [2.75, 3.05) is 6.54 Å². The first-order valence-electron chi connectivity index (χ1n) is 12.1. The first-order chi connectivity index (χ1) is 13.9. The normalized spacial score (nSPS) is 54.8. The summed E-state index contributed by atoms with van der Waals surface area (Å²) in [4.78, 5) is 13.4. The molecule has 0 unspecified atom stereocenters. The molecule has 5 saturated carbocycles. The lowest BCUT2D eigenvalue weighted by Gasteiger charge is -2.57. The van der Waals surface area contributed by atoms with Gasteiger partial charge in [-0.1, -0.05) is 6.92 Å². The number of hydrogen-bond acceptors (Lipinski definition) is 5. The number of fused-ring (bicyclic) bond motifs is 7. The highest BCUT2D eigenvalue weighted by atomic mass is 16.3. The van der Waals surface area contributed by atoms with Gasteiger partial charge in [0.15, 0.2) is 5.78 Å². The van der Waals surface area contributed by atoms with Crippen molar-refractivity contribution in [3.63, 3.8) is 0 Å². The molecule has 3 N–H and O–H groups in total. The second kappa shape index (κ2) is 6.23. The maximum absolute atomic E-state index is 13.4. The summed E-state index contributed by atoms with van der Waals surface area (Å²) in [5.41, 5.74) is 5.77. The van der Waals surface area contributed by atoms with Crippen LogP contribution in [0.1, 0.15) is 65.2 Å². The van der Waals surface area contributed by atoms with Gasteiger partial charge in [0.2, 0.25) is 0 Å². The molecule has 1 heterocycles. The van der Waals surface area contributed by atoms with Crippen molar-refractivity contribution in [1.29, 1.82) is 0 Å². The molecule has 6 rings (SSSR count). The van der Waals surface area contributed by atoms with Gasteiger partial charge in [-0.2, -0.15) is 0 Å². The largest absolute Gasteiger partial charge is 0.390 e. The van der Waals surface area contributed by atoms with Crippen LogP contribution in [0.25, 0.3) is 0 Å². The van der Waals surface area contributed by atoms with E-state index in [0.717, 1.165) is 48.3 Å². The van der Waals surface area contributed by atoms with Crippen molar-refractivity contribution in [3.8, 4) is 0 Å². The van der Waals surface area contributed by atoms with Crippen LogP contribution in [0.5, 0.6) is 0 Å². The minimum Gasteiger partial charge on any atom is -0.390 e. The molecule has 10 atom stereocenters. The maximum atomic E-state index is 13.4. The topological polar surface area (TPSA) is 64.6 Å². The van der Waals surface area contributed by atoms with Gasteiger partial charge in [-0.3, -0.25) is 9.80 Å². The number of ketones is 1. The Hall–Kier alpha value is -1.07. The van der Waals surface area contributed by atoms with E-state index in [4.69, 9.17) is 0 Å². The van der Waals surface area contributed by atoms with E-state index in [1.807, 2.05) is 17.4 Å². The summed E-state index contributed by atoms with van der Waals surface area (Å²) in [6.45, 7) is 5.01. The molecular formula is C24H37N3O2. The maximum Gasteiger partial charge on any atom is 0.157 e. The number of Topliss-reactive ketones (excluding diaryl/α,β-unsaturated/α-hetero) is 1. The third-order valence-corrected chi connectivity index (χ3v) is 10.2. The van der Waals surface area contributed by atoms with E-state index in [1.165, 1.54) is 38.5 Å². The quantitative estimate of drug-likeness (QED) is 0.680.